The van der Waals surface area contributed by atoms with Crippen LogP contribution >= 0.6 is 0 Å². The molecular formula is C55H60. The molecule has 1 aliphatic carbocycles. The Morgan fingerprint density at radius 1 is 0.655 bits per heavy atom. The molecule has 0 atom stereocenters. The van der Waals surface area contributed by atoms with Crippen LogP contribution in [0.5, 0.6) is 0 Å². The van der Waals surface area contributed by atoms with Gasteiger partial charge < -0.3 is 0 Å². The van der Waals surface area contributed by atoms with Crippen LogP contribution in [0.15, 0.2) is 208 Å². The summed E-state index contributed by atoms with van der Waals surface area (Å²) in [4.78, 5) is 0. The van der Waals surface area contributed by atoms with Crippen LogP contribution in [0.1, 0.15) is 69.9 Å². The average molecular weight is 721 g/mol. The van der Waals surface area contributed by atoms with Crippen LogP contribution in [0.4, 0.5) is 0 Å². The molecule has 0 amide bonds. The number of hydrogen-bond acceptors (Lipinski definition) is 0. The summed E-state index contributed by atoms with van der Waals surface area (Å²) in [6, 6.07) is 45.1. The maximum atomic E-state index is 4.56. The molecule has 5 aromatic carbocycles. The van der Waals surface area contributed by atoms with Crippen molar-refractivity contribution in [1.29, 1.82) is 0 Å². The van der Waals surface area contributed by atoms with Gasteiger partial charge in [-0.25, -0.2) is 0 Å². The minimum atomic E-state index is 0. The summed E-state index contributed by atoms with van der Waals surface area (Å²) in [7, 11) is 0. The number of allylic oxidation sites excluding steroid dienone is 12. The highest BCUT2D eigenvalue weighted by Gasteiger charge is 2.09. The monoisotopic (exact) mass is 720 g/mol. The van der Waals surface area contributed by atoms with Crippen LogP contribution in [0.2, 0.25) is 0 Å². The summed E-state index contributed by atoms with van der Waals surface area (Å²) in [5, 5.41) is 2.45. The largest absolute Gasteiger partial charge is 0.103 e. The molecule has 5 aromatic rings. The normalized spacial score (nSPS) is 12.9. The highest BCUT2D eigenvalue weighted by molar-refractivity contribution is 5.89. The number of rotatable bonds is 9. The summed E-state index contributed by atoms with van der Waals surface area (Å²) >= 11 is 0. The molecule has 0 heterocycles. The summed E-state index contributed by atoms with van der Waals surface area (Å²) in [6.07, 6.45) is 22.5. The summed E-state index contributed by atoms with van der Waals surface area (Å²) < 4.78 is 0. The molecule has 0 radical (unpaired) electrons. The fourth-order valence-electron chi connectivity index (χ4n) is 6.01. The van der Waals surface area contributed by atoms with E-state index in [9.17, 15) is 0 Å². The predicted octanol–water partition coefficient (Wildman–Crippen LogP) is 14.4. The fourth-order valence-corrected chi connectivity index (χ4v) is 6.01. The third-order valence-electron chi connectivity index (χ3n) is 8.65. The Bertz CT molecular complexity index is 2250. The Kier molecular flexibility index (Phi) is 19.7. The predicted molar refractivity (Wildman–Crippen MR) is 250 cm³/mol. The van der Waals surface area contributed by atoms with Gasteiger partial charge in [0.05, 0.1) is 0 Å². The van der Waals surface area contributed by atoms with E-state index >= 15 is 0 Å². The van der Waals surface area contributed by atoms with Crippen LogP contribution in [0.25, 0.3) is 39.5 Å². The van der Waals surface area contributed by atoms with Crippen molar-refractivity contribution in [3.63, 3.8) is 0 Å². The van der Waals surface area contributed by atoms with Gasteiger partial charge in [0, 0.05) is 0 Å². The van der Waals surface area contributed by atoms with Crippen molar-refractivity contribution in [2.75, 3.05) is 0 Å². The van der Waals surface area contributed by atoms with Crippen molar-refractivity contribution < 1.29 is 0 Å². The van der Waals surface area contributed by atoms with Crippen molar-refractivity contribution >= 4 is 28.4 Å². The Morgan fingerprint density at radius 3 is 1.91 bits per heavy atom. The van der Waals surface area contributed by atoms with E-state index in [0.717, 1.165) is 29.6 Å². The topological polar surface area (TPSA) is 0 Å². The molecule has 0 bridgehead atoms. The van der Waals surface area contributed by atoms with Gasteiger partial charge in [-0.15, -0.1) is 6.58 Å². The lowest BCUT2D eigenvalue weighted by molar-refractivity contribution is 1.19. The Hall–Kier alpha value is -6.24. The molecular weight excluding hydrogens is 661 g/mol. The first-order valence-electron chi connectivity index (χ1n) is 18.2. The maximum absolute atomic E-state index is 4.56. The lowest BCUT2D eigenvalue weighted by Crippen LogP contribution is -2.26. The van der Waals surface area contributed by atoms with Gasteiger partial charge in [-0.05, 0) is 118 Å². The molecule has 0 spiro atoms. The lowest BCUT2D eigenvalue weighted by atomic mass is 9.92. The molecule has 0 N–H and O–H groups in total. The molecule has 280 valence electrons. The van der Waals surface area contributed by atoms with Crippen molar-refractivity contribution in [2.45, 2.75) is 48.5 Å². The first kappa shape index (κ1) is 44.9. The molecule has 0 saturated carbocycles. The minimum Gasteiger partial charge on any atom is -0.103 e. The molecule has 55 heavy (non-hydrogen) atoms. The average Bonchev–Trinajstić information content (AvgIpc) is 3.20. The molecule has 0 aliphatic heterocycles. The molecule has 0 aromatic heterocycles. The molecule has 0 saturated heterocycles. The van der Waals surface area contributed by atoms with Gasteiger partial charge >= 0.3 is 0 Å². The van der Waals surface area contributed by atoms with Gasteiger partial charge in [-0.3, -0.25) is 0 Å². The van der Waals surface area contributed by atoms with E-state index in [1.54, 1.807) is 6.08 Å². The van der Waals surface area contributed by atoms with Gasteiger partial charge in [-0.2, -0.15) is 0 Å². The van der Waals surface area contributed by atoms with Crippen LogP contribution in [0, 0.1) is 0 Å². The van der Waals surface area contributed by atoms with Crippen molar-refractivity contribution in [2.24, 2.45) is 0 Å². The van der Waals surface area contributed by atoms with E-state index < -0.39 is 0 Å². The molecule has 0 fully saturated rings. The van der Waals surface area contributed by atoms with Gasteiger partial charge in [0.25, 0.3) is 0 Å². The second kappa shape index (κ2) is 24.1. The Balaban J connectivity index is 0.000000644. The summed E-state index contributed by atoms with van der Waals surface area (Å²) in [5.41, 5.74) is 13.1. The van der Waals surface area contributed by atoms with Crippen LogP contribution in [-0.2, 0) is 6.42 Å². The maximum Gasteiger partial charge on any atom is -0.00253 e. The van der Waals surface area contributed by atoms with Crippen LogP contribution in [-0.4, -0.2) is 0 Å². The van der Waals surface area contributed by atoms with Crippen molar-refractivity contribution in [3.8, 4) is 11.1 Å². The smallest absolute Gasteiger partial charge is 0.00253 e. The number of benzene rings is 5. The molecule has 0 unspecified atom stereocenters. The Morgan fingerprint density at radius 2 is 1.29 bits per heavy atom. The third-order valence-corrected chi connectivity index (χ3v) is 8.65. The van der Waals surface area contributed by atoms with E-state index in [4.69, 9.17) is 0 Å². The van der Waals surface area contributed by atoms with E-state index in [-0.39, 0.29) is 14.9 Å². The zero-order valence-electron chi connectivity index (χ0n) is 31.6. The quantitative estimate of drug-likeness (QED) is 0.105. The second-order valence-electron chi connectivity index (χ2n) is 12.8. The van der Waals surface area contributed by atoms with E-state index in [1.165, 1.54) is 55.0 Å². The zero-order valence-corrected chi connectivity index (χ0v) is 31.6. The number of hydrogen-bond donors (Lipinski definition) is 0. The van der Waals surface area contributed by atoms with Gasteiger partial charge in [0.1, 0.15) is 0 Å². The summed E-state index contributed by atoms with van der Waals surface area (Å²) in [5.74, 6) is 0. The van der Waals surface area contributed by atoms with Gasteiger partial charge in [0.2, 0.25) is 0 Å². The molecule has 1 aliphatic rings. The SMILES string of the molecule is C.C.C=C(C)c1ccccc1.C=C/C=C\C(=C/C)c1cccc(-c2cc(Cc3ccccc3)cc(C(=C)/C=c3/cccc/c3=C3\C=CC=CC3)c2)c1.C=CC. The van der Waals surface area contributed by atoms with Crippen molar-refractivity contribution in [3.05, 3.63) is 247 Å². The van der Waals surface area contributed by atoms with Gasteiger partial charge in [0.15, 0.2) is 0 Å². The van der Waals surface area contributed by atoms with E-state index in [0.29, 0.717) is 0 Å². The third kappa shape index (κ3) is 13.9. The second-order valence-corrected chi connectivity index (χ2v) is 12.8. The Labute approximate surface area is 333 Å². The highest BCUT2D eigenvalue weighted by Crippen LogP contribution is 2.30. The molecule has 0 heteroatoms. The van der Waals surface area contributed by atoms with Crippen molar-refractivity contribution in [1.82, 2.24) is 0 Å². The molecule has 0 nitrogen and oxygen atoms in total. The lowest BCUT2D eigenvalue weighted by Gasteiger charge is -2.13. The highest BCUT2D eigenvalue weighted by atomic mass is 14.1. The van der Waals surface area contributed by atoms with E-state index in [1.807, 2.05) is 44.2 Å². The minimum absolute atomic E-state index is 0. The van der Waals surface area contributed by atoms with Gasteiger partial charge in [-0.1, -0.05) is 210 Å². The first-order valence-corrected chi connectivity index (χ1v) is 18.2. The zero-order chi connectivity index (χ0) is 37.8. The van der Waals surface area contributed by atoms with E-state index in [2.05, 4.69) is 185 Å². The fraction of sp³-hybridized carbons (Fsp3) is 0.127. The first-order chi connectivity index (χ1) is 25.9. The van der Waals surface area contributed by atoms with Crippen LogP contribution in [0.3, 0.4) is 0 Å². The summed E-state index contributed by atoms with van der Waals surface area (Å²) in [6.45, 7) is 21.5. The molecule has 6 rings (SSSR count). The standard InChI is InChI=1S/C41H36.C9H10.C3H6.2CH4/c1-4-6-18-34(5-2)36-22-15-23-37(29-36)40-28-33(26-32-16-9-7-10-17-32)27-39(30-40)31(3)25-38-21-13-14-24-41(38)35-19-11-8-12-20-35;1-8(2)9-6-4-3-5-7-9;1-3-2;;/h4-19,21-25,27-30H,1,3,20,26H2,2H3;3-7H,1H2,2H3;3H,1H2,2H3;2*1H4/b18-6-,34-5+,38-25-,41-35-;;;;. The van der Waals surface area contributed by atoms with Crippen LogP contribution < -0.4 is 10.4 Å².